The van der Waals surface area contributed by atoms with E-state index >= 15 is 0 Å². The van der Waals surface area contributed by atoms with Crippen molar-refractivity contribution in [2.45, 2.75) is 64.3 Å². The predicted octanol–water partition coefficient (Wildman–Crippen LogP) is 2.21. The van der Waals surface area contributed by atoms with Gasteiger partial charge < -0.3 is 10.1 Å². The van der Waals surface area contributed by atoms with Gasteiger partial charge >= 0.3 is 0 Å². The summed E-state index contributed by atoms with van der Waals surface area (Å²) < 4.78 is 7.86. The second-order valence-corrected chi connectivity index (χ2v) is 5.64. The van der Waals surface area contributed by atoms with Crippen molar-refractivity contribution >= 4 is 0 Å². The van der Waals surface area contributed by atoms with Gasteiger partial charge in [-0.05, 0) is 39.2 Å². The monoisotopic (exact) mass is 251 g/mol. The lowest BCUT2D eigenvalue weighted by molar-refractivity contribution is -0.0790. The minimum Gasteiger partial charge on any atom is -0.375 e. The molecule has 3 atom stereocenters. The molecule has 2 rings (SSSR count). The molecule has 18 heavy (non-hydrogen) atoms. The van der Waals surface area contributed by atoms with E-state index in [1.165, 1.54) is 0 Å². The molecule has 3 unspecified atom stereocenters. The van der Waals surface area contributed by atoms with Gasteiger partial charge in [0, 0.05) is 31.1 Å². The van der Waals surface area contributed by atoms with Crippen LogP contribution in [0.2, 0.25) is 0 Å². The molecule has 0 radical (unpaired) electrons. The van der Waals surface area contributed by atoms with E-state index in [-0.39, 0.29) is 5.60 Å². The first kappa shape index (κ1) is 13.6. The Hall–Kier alpha value is -0.870. The van der Waals surface area contributed by atoms with E-state index in [1.54, 1.807) is 0 Å². The normalized spacial score (nSPS) is 30.3. The predicted molar refractivity (Wildman–Crippen MR) is 72.5 cm³/mol. The van der Waals surface area contributed by atoms with Crippen LogP contribution in [0.15, 0.2) is 18.5 Å². The van der Waals surface area contributed by atoms with Crippen LogP contribution in [0.25, 0.3) is 0 Å². The number of ether oxygens (including phenoxy) is 1. The summed E-state index contributed by atoms with van der Waals surface area (Å²) in [6, 6.07) is 2.97. The van der Waals surface area contributed by atoms with E-state index in [4.69, 9.17) is 4.74 Å². The van der Waals surface area contributed by atoms with Crippen LogP contribution in [0.1, 0.15) is 40.0 Å². The molecule has 1 fully saturated rings. The molecule has 1 aliphatic heterocycles. The summed E-state index contributed by atoms with van der Waals surface area (Å²) in [6.45, 7) is 8.44. The molecule has 0 aromatic carbocycles. The van der Waals surface area contributed by atoms with Gasteiger partial charge in [0.15, 0.2) is 0 Å². The number of nitrogens with zero attached hydrogens (tertiary/aromatic N) is 2. The zero-order chi connectivity index (χ0) is 13.0. The molecule has 1 aliphatic rings. The lowest BCUT2D eigenvalue weighted by Crippen LogP contribution is -2.48. The summed E-state index contributed by atoms with van der Waals surface area (Å²) in [5, 5.41) is 7.95. The van der Waals surface area contributed by atoms with E-state index in [2.05, 4.69) is 31.2 Å². The highest BCUT2D eigenvalue weighted by molar-refractivity contribution is 4.87. The van der Waals surface area contributed by atoms with E-state index in [0.29, 0.717) is 12.1 Å². The van der Waals surface area contributed by atoms with E-state index in [9.17, 15) is 0 Å². The molecule has 1 saturated heterocycles. The van der Waals surface area contributed by atoms with Crippen LogP contribution in [0, 0.1) is 0 Å². The van der Waals surface area contributed by atoms with Gasteiger partial charge in [0.1, 0.15) is 0 Å². The fourth-order valence-corrected chi connectivity index (χ4v) is 2.66. The molecule has 4 heteroatoms. The summed E-state index contributed by atoms with van der Waals surface area (Å²) in [5.41, 5.74) is 0.0569. The Morgan fingerprint density at radius 1 is 1.61 bits per heavy atom. The Kier molecular flexibility index (Phi) is 4.40. The first-order valence-corrected chi connectivity index (χ1v) is 6.99. The molecule has 2 heterocycles. The summed E-state index contributed by atoms with van der Waals surface area (Å²) in [6.07, 6.45) is 7.14. The van der Waals surface area contributed by atoms with Gasteiger partial charge in [-0.2, -0.15) is 5.10 Å². The highest BCUT2D eigenvalue weighted by Gasteiger charge is 2.31. The molecule has 4 nitrogen and oxygen atoms in total. The van der Waals surface area contributed by atoms with Crippen molar-refractivity contribution in [1.82, 2.24) is 15.1 Å². The smallest absolute Gasteiger partial charge is 0.0666 e. The third kappa shape index (κ3) is 3.56. The SMILES string of the molecule is CCC1(C)CC(NC(C)Cn2cccn2)CCO1. The fraction of sp³-hybridized carbons (Fsp3) is 0.786. The van der Waals surface area contributed by atoms with E-state index in [0.717, 1.165) is 32.4 Å². The topological polar surface area (TPSA) is 39.1 Å². The first-order valence-electron chi connectivity index (χ1n) is 6.99. The Labute approximate surface area is 110 Å². The minimum atomic E-state index is 0.0569. The van der Waals surface area contributed by atoms with Crippen LogP contribution in [0.5, 0.6) is 0 Å². The van der Waals surface area contributed by atoms with Gasteiger partial charge in [-0.25, -0.2) is 0 Å². The third-order valence-corrected chi connectivity index (χ3v) is 3.88. The maximum atomic E-state index is 5.87. The molecule has 1 aromatic heterocycles. The highest BCUT2D eigenvalue weighted by Crippen LogP contribution is 2.27. The van der Waals surface area contributed by atoms with Crippen LogP contribution >= 0.6 is 0 Å². The maximum absolute atomic E-state index is 5.87. The van der Waals surface area contributed by atoms with Gasteiger partial charge in [-0.15, -0.1) is 0 Å². The van der Waals surface area contributed by atoms with Crippen LogP contribution in [-0.2, 0) is 11.3 Å². The molecule has 0 spiro atoms. The molecule has 0 aliphatic carbocycles. The molecular weight excluding hydrogens is 226 g/mol. The quantitative estimate of drug-likeness (QED) is 0.872. The first-order chi connectivity index (χ1) is 8.61. The van der Waals surface area contributed by atoms with Crippen molar-refractivity contribution in [3.63, 3.8) is 0 Å². The van der Waals surface area contributed by atoms with Crippen molar-refractivity contribution in [3.8, 4) is 0 Å². The standard InChI is InChI=1S/C14H25N3O/c1-4-14(3)10-13(6-9-18-14)16-12(2)11-17-8-5-7-15-17/h5,7-8,12-13,16H,4,6,9-11H2,1-3H3. The number of hydrogen-bond donors (Lipinski definition) is 1. The van der Waals surface area contributed by atoms with Gasteiger partial charge in [-0.1, -0.05) is 6.92 Å². The van der Waals surface area contributed by atoms with Crippen molar-refractivity contribution in [3.05, 3.63) is 18.5 Å². The van der Waals surface area contributed by atoms with Crippen LogP contribution in [0.4, 0.5) is 0 Å². The Bertz CT molecular complexity index is 352. The second kappa shape index (κ2) is 5.85. The van der Waals surface area contributed by atoms with E-state index in [1.807, 2.05) is 23.1 Å². The van der Waals surface area contributed by atoms with Gasteiger partial charge in [0.2, 0.25) is 0 Å². The molecule has 102 valence electrons. The number of nitrogens with one attached hydrogen (secondary N) is 1. The third-order valence-electron chi connectivity index (χ3n) is 3.88. The molecule has 1 N–H and O–H groups in total. The zero-order valence-electron chi connectivity index (χ0n) is 11.7. The number of rotatable bonds is 5. The Balaban J connectivity index is 1.81. The fourth-order valence-electron chi connectivity index (χ4n) is 2.66. The Morgan fingerprint density at radius 2 is 2.44 bits per heavy atom. The van der Waals surface area contributed by atoms with Crippen LogP contribution < -0.4 is 5.32 Å². The lowest BCUT2D eigenvalue weighted by atomic mass is 9.89. The second-order valence-electron chi connectivity index (χ2n) is 5.64. The summed E-state index contributed by atoms with van der Waals surface area (Å²) in [5.74, 6) is 0. The molecule has 0 amide bonds. The van der Waals surface area contributed by atoms with Crippen LogP contribution in [0.3, 0.4) is 0 Å². The van der Waals surface area contributed by atoms with E-state index < -0.39 is 0 Å². The van der Waals surface area contributed by atoms with Crippen molar-refractivity contribution in [2.75, 3.05) is 6.61 Å². The zero-order valence-corrected chi connectivity index (χ0v) is 11.7. The maximum Gasteiger partial charge on any atom is 0.0666 e. The molecular formula is C14H25N3O. The average molecular weight is 251 g/mol. The Morgan fingerprint density at radius 3 is 3.11 bits per heavy atom. The number of aromatic nitrogens is 2. The number of hydrogen-bond acceptors (Lipinski definition) is 3. The van der Waals surface area contributed by atoms with Gasteiger partial charge in [0.05, 0.1) is 12.1 Å². The van der Waals surface area contributed by atoms with Crippen LogP contribution in [-0.4, -0.2) is 34.1 Å². The lowest BCUT2D eigenvalue weighted by Gasteiger charge is -2.39. The summed E-state index contributed by atoms with van der Waals surface area (Å²) in [7, 11) is 0. The van der Waals surface area contributed by atoms with Crippen molar-refractivity contribution < 1.29 is 4.74 Å². The summed E-state index contributed by atoms with van der Waals surface area (Å²) >= 11 is 0. The van der Waals surface area contributed by atoms with Gasteiger partial charge in [-0.3, -0.25) is 4.68 Å². The molecule has 0 saturated carbocycles. The van der Waals surface area contributed by atoms with Crippen molar-refractivity contribution in [2.24, 2.45) is 0 Å². The largest absolute Gasteiger partial charge is 0.375 e. The summed E-state index contributed by atoms with van der Waals surface area (Å²) in [4.78, 5) is 0. The minimum absolute atomic E-state index is 0.0569. The highest BCUT2D eigenvalue weighted by atomic mass is 16.5. The van der Waals surface area contributed by atoms with Crippen molar-refractivity contribution in [1.29, 1.82) is 0 Å². The molecule has 0 bridgehead atoms. The van der Waals surface area contributed by atoms with Gasteiger partial charge in [0.25, 0.3) is 0 Å². The molecule has 1 aromatic rings. The average Bonchev–Trinajstić information content (AvgIpc) is 2.81.